The number of fused-ring (bicyclic) bond motifs is 1. The molecule has 0 unspecified atom stereocenters. The molecule has 1 aliphatic heterocycles. The monoisotopic (exact) mass is 336 g/mol. The first kappa shape index (κ1) is 15.3. The lowest BCUT2D eigenvalue weighted by Gasteiger charge is -2.28. The zero-order chi connectivity index (χ0) is 16.5. The quantitative estimate of drug-likeness (QED) is 0.736. The number of aromatic nitrogens is 3. The topological polar surface area (TPSA) is 36.9 Å². The van der Waals surface area contributed by atoms with Crippen LogP contribution in [0.1, 0.15) is 16.7 Å². The van der Waals surface area contributed by atoms with Crippen LogP contribution in [0.15, 0.2) is 48.5 Å². The zero-order valence-corrected chi connectivity index (χ0v) is 14.5. The maximum absolute atomic E-state index is 5.44. The van der Waals surface area contributed by atoms with Crippen LogP contribution in [0.3, 0.4) is 0 Å². The van der Waals surface area contributed by atoms with Crippen molar-refractivity contribution in [2.75, 3.05) is 6.54 Å². The van der Waals surface area contributed by atoms with Crippen molar-refractivity contribution in [2.24, 2.45) is 0 Å². The standard InChI is InChI=1S/C19H20N4S/c1-14-6-8-16(9-7-14)18-20-19(24)23(21-18)13-22-11-10-15-4-2-3-5-17(15)12-22/h2-9H,10-13H2,1H3,(H,20,21,24). The van der Waals surface area contributed by atoms with Crippen LogP contribution >= 0.6 is 12.2 Å². The molecule has 2 aromatic carbocycles. The Balaban J connectivity index is 1.54. The molecule has 0 bridgehead atoms. The summed E-state index contributed by atoms with van der Waals surface area (Å²) in [5.41, 5.74) is 5.18. The Morgan fingerprint density at radius 2 is 1.83 bits per heavy atom. The van der Waals surface area contributed by atoms with Gasteiger partial charge in [0.15, 0.2) is 5.82 Å². The van der Waals surface area contributed by atoms with E-state index in [0.29, 0.717) is 4.77 Å². The minimum Gasteiger partial charge on any atom is -0.280 e. The molecule has 0 aliphatic carbocycles. The molecule has 24 heavy (non-hydrogen) atoms. The predicted molar refractivity (Wildman–Crippen MR) is 98.1 cm³/mol. The van der Waals surface area contributed by atoms with Crippen LogP contribution in [0.25, 0.3) is 11.4 Å². The number of aromatic amines is 1. The summed E-state index contributed by atoms with van der Waals surface area (Å²) < 4.78 is 2.56. The Morgan fingerprint density at radius 3 is 2.62 bits per heavy atom. The van der Waals surface area contributed by atoms with Crippen molar-refractivity contribution in [3.8, 4) is 11.4 Å². The van der Waals surface area contributed by atoms with E-state index in [0.717, 1.165) is 37.6 Å². The van der Waals surface area contributed by atoms with Crippen LogP contribution in [-0.4, -0.2) is 26.2 Å². The molecule has 1 aliphatic rings. The number of aryl methyl sites for hydroxylation is 1. The summed E-state index contributed by atoms with van der Waals surface area (Å²) in [6, 6.07) is 17.0. The van der Waals surface area contributed by atoms with Gasteiger partial charge in [0, 0.05) is 18.7 Å². The van der Waals surface area contributed by atoms with Crippen molar-refractivity contribution >= 4 is 12.2 Å². The molecule has 1 N–H and O–H groups in total. The Kier molecular flexibility index (Phi) is 4.04. The zero-order valence-electron chi connectivity index (χ0n) is 13.7. The molecule has 0 fully saturated rings. The highest BCUT2D eigenvalue weighted by Crippen LogP contribution is 2.20. The average molecular weight is 336 g/mol. The molecule has 3 aromatic rings. The van der Waals surface area contributed by atoms with Gasteiger partial charge in [-0.05, 0) is 36.7 Å². The third-order valence-electron chi connectivity index (χ3n) is 4.56. The third-order valence-corrected chi connectivity index (χ3v) is 4.87. The van der Waals surface area contributed by atoms with E-state index in [-0.39, 0.29) is 0 Å². The molecular formula is C19H20N4S. The van der Waals surface area contributed by atoms with E-state index in [1.54, 1.807) is 0 Å². The Hall–Kier alpha value is -2.24. The molecular weight excluding hydrogens is 316 g/mol. The normalized spacial score (nSPS) is 14.5. The SMILES string of the molecule is Cc1ccc(-c2nc(=S)n(CN3CCc4ccccc4C3)[nH]2)cc1. The van der Waals surface area contributed by atoms with Gasteiger partial charge in [0.2, 0.25) is 4.77 Å². The van der Waals surface area contributed by atoms with E-state index in [1.807, 2.05) is 4.68 Å². The summed E-state index contributed by atoms with van der Waals surface area (Å²) in [7, 11) is 0. The number of nitrogens with one attached hydrogen (secondary N) is 1. The Bertz CT molecular complexity index is 908. The molecule has 5 heteroatoms. The highest BCUT2D eigenvalue weighted by Gasteiger charge is 2.16. The Labute approximate surface area is 146 Å². The molecule has 0 saturated carbocycles. The number of H-pyrrole nitrogens is 1. The van der Waals surface area contributed by atoms with E-state index < -0.39 is 0 Å². The summed E-state index contributed by atoms with van der Waals surface area (Å²) >= 11 is 5.44. The second-order valence-corrected chi connectivity index (χ2v) is 6.73. The van der Waals surface area contributed by atoms with Crippen molar-refractivity contribution in [2.45, 2.75) is 26.6 Å². The average Bonchev–Trinajstić information content (AvgIpc) is 2.96. The summed E-state index contributed by atoms with van der Waals surface area (Å²) in [6.07, 6.45) is 1.09. The predicted octanol–water partition coefficient (Wildman–Crippen LogP) is 3.93. The first-order valence-corrected chi connectivity index (χ1v) is 8.63. The van der Waals surface area contributed by atoms with Crippen LogP contribution in [0, 0.1) is 11.7 Å². The first-order chi connectivity index (χ1) is 11.7. The number of hydrogen-bond acceptors (Lipinski definition) is 3. The van der Waals surface area contributed by atoms with Gasteiger partial charge in [-0.3, -0.25) is 10.00 Å². The van der Waals surface area contributed by atoms with Crippen LogP contribution in [0.2, 0.25) is 0 Å². The first-order valence-electron chi connectivity index (χ1n) is 8.22. The number of nitrogens with zero attached hydrogens (tertiary/aromatic N) is 3. The largest absolute Gasteiger partial charge is 0.280 e. The van der Waals surface area contributed by atoms with Gasteiger partial charge in [-0.2, -0.15) is 4.98 Å². The summed E-state index contributed by atoms with van der Waals surface area (Å²) in [4.78, 5) is 6.91. The third kappa shape index (κ3) is 3.05. The Morgan fingerprint density at radius 1 is 1.08 bits per heavy atom. The lowest BCUT2D eigenvalue weighted by Crippen LogP contribution is -2.32. The molecule has 0 amide bonds. The van der Waals surface area contributed by atoms with Crippen molar-refractivity contribution in [1.29, 1.82) is 0 Å². The van der Waals surface area contributed by atoms with Gasteiger partial charge in [0.25, 0.3) is 0 Å². The number of rotatable bonds is 3. The molecule has 4 rings (SSSR count). The van der Waals surface area contributed by atoms with Crippen molar-refractivity contribution in [3.05, 3.63) is 70.0 Å². The molecule has 1 aromatic heterocycles. The maximum Gasteiger partial charge on any atom is 0.217 e. The van der Waals surface area contributed by atoms with E-state index in [1.165, 1.54) is 16.7 Å². The minimum atomic E-state index is 0.601. The van der Waals surface area contributed by atoms with Crippen molar-refractivity contribution in [3.63, 3.8) is 0 Å². The molecule has 0 radical (unpaired) electrons. The summed E-state index contributed by atoms with van der Waals surface area (Å²) in [6.45, 7) is 4.82. The van der Waals surface area contributed by atoms with E-state index in [2.05, 4.69) is 70.4 Å². The molecule has 0 saturated heterocycles. The molecule has 0 spiro atoms. The summed E-state index contributed by atoms with van der Waals surface area (Å²) in [5, 5.41) is 3.35. The second kappa shape index (κ2) is 6.34. The fourth-order valence-electron chi connectivity index (χ4n) is 3.17. The lowest BCUT2D eigenvalue weighted by molar-refractivity contribution is 0.188. The number of hydrogen-bond donors (Lipinski definition) is 1. The van der Waals surface area contributed by atoms with E-state index in [4.69, 9.17) is 12.2 Å². The van der Waals surface area contributed by atoms with Crippen LogP contribution in [0.4, 0.5) is 0 Å². The molecule has 0 atom stereocenters. The maximum atomic E-state index is 5.44. The van der Waals surface area contributed by atoms with Crippen LogP contribution in [-0.2, 0) is 19.6 Å². The van der Waals surface area contributed by atoms with Gasteiger partial charge in [-0.15, -0.1) is 0 Å². The molecule has 2 heterocycles. The smallest absolute Gasteiger partial charge is 0.217 e. The molecule has 122 valence electrons. The van der Waals surface area contributed by atoms with Gasteiger partial charge in [0.1, 0.15) is 0 Å². The van der Waals surface area contributed by atoms with Gasteiger partial charge in [-0.1, -0.05) is 54.1 Å². The van der Waals surface area contributed by atoms with Gasteiger partial charge >= 0.3 is 0 Å². The van der Waals surface area contributed by atoms with Crippen LogP contribution < -0.4 is 0 Å². The lowest BCUT2D eigenvalue weighted by atomic mass is 10.0. The highest BCUT2D eigenvalue weighted by atomic mass is 32.1. The minimum absolute atomic E-state index is 0.601. The van der Waals surface area contributed by atoms with Crippen LogP contribution in [0.5, 0.6) is 0 Å². The summed E-state index contributed by atoms with van der Waals surface area (Å²) in [5.74, 6) is 0.831. The van der Waals surface area contributed by atoms with E-state index in [9.17, 15) is 0 Å². The highest BCUT2D eigenvalue weighted by molar-refractivity contribution is 7.71. The van der Waals surface area contributed by atoms with E-state index >= 15 is 0 Å². The van der Waals surface area contributed by atoms with Gasteiger partial charge in [-0.25, -0.2) is 4.68 Å². The fraction of sp³-hybridized carbons (Fsp3) is 0.263. The van der Waals surface area contributed by atoms with Crippen molar-refractivity contribution in [1.82, 2.24) is 19.7 Å². The van der Waals surface area contributed by atoms with Gasteiger partial charge in [0.05, 0.1) is 6.67 Å². The fourth-order valence-corrected chi connectivity index (χ4v) is 3.36. The van der Waals surface area contributed by atoms with Gasteiger partial charge < -0.3 is 0 Å². The van der Waals surface area contributed by atoms with Crippen molar-refractivity contribution < 1.29 is 0 Å². The number of benzene rings is 2. The molecule has 4 nitrogen and oxygen atoms in total. The second-order valence-electron chi connectivity index (χ2n) is 6.36.